The smallest absolute Gasteiger partial charge is 0.308 e. The SMILES string of the molecule is Cc1n[nH]c(C)c1NC(=O)Nc1ccc(Cc2ccncc2)cc1. The van der Waals surface area contributed by atoms with Crippen LogP contribution in [-0.2, 0) is 6.42 Å². The largest absolute Gasteiger partial charge is 0.323 e. The molecule has 0 atom stereocenters. The Bertz CT molecular complexity index is 805. The van der Waals surface area contributed by atoms with Gasteiger partial charge in [0.25, 0.3) is 0 Å². The molecule has 1 aromatic carbocycles. The second-order valence-electron chi connectivity index (χ2n) is 5.62. The van der Waals surface area contributed by atoms with Crippen LogP contribution in [0.25, 0.3) is 0 Å². The van der Waals surface area contributed by atoms with E-state index in [9.17, 15) is 4.79 Å². The van der Waals surface area contributed by atoms with Crippen LogP contribution < -0.4 is 10.6 Å². The highest BCUT2D eigenvalue weighted by Crippen LogP contribution is 2.17. The van der Waals surface area contributed by atoms with E-state index in [4.69, 9.17) is 0 Å². The molecule has 2 heterocycles. The molecule has 3 aromatic rings. The van der Waals surface area contributed by atoms with Gasteiger partial charge >= 0.3 is 6.03 Å². The van der Waals surface area contributed by atoms with E-state index >= 15 is 0 Å². The van der Waals surface area contributed by atoms with Crippen LogP contribution >= 0.6 is 0 Å². The molecule has 0 saturated carbocycles. The lowest BCUT2D eigenvalue weighted by atomic mass is 10.1. The molecule has 0 aliphatic rings. The van der Waals surface area contributed by atoms with Crippen LogP contribution in [0.15, 0.2) is 48.8 Å². The van der Waals surface area contributed by atoms with Gasteiger partial charge < -0.3 is 10.6 Å². The van der Waals surface area contributed by atoms with Gasteiger partial charge in [-0.25, -0.2) is 4.79 Å². The zero-order valence-electron chi connectivity index (χ0n) is 13.6. The average molecular weight is 321 g/mol. The van der Waals surface area contributed by atoms with E-state index in [-0.39, 0.29) is 6.03 Å². The molecule has 0 spiro atoms. The van der Waals surface area contributed by atoms with Gasteiger partial charge in [-0.1, -0.05) is 12.1 Å². The highest BCUT2D eigenvalue weighted by molar-refractivity contribution is 6.00. The lowest BCUT2D eigenvalue weighted by Crippen LogP contribution is -2.20. The van der Waals surface area contributed by atoms with Crippen molar-refractivity contribution in [2.45, 2.75) is 20.3 Å². The molecule has 3 N–H and O–H groups in total. The van der Waals surface area contributed by atoms with E-state index in [1.165, 1.54) is 11.1 Å². The van der Waals surface area contributed by atoms with Crippen LogP contribution in [0.4, 0.5) is 16.2 Å². The third-order valence-electron chi connectivity index (χ3n) is 3.74. The number of aryl methyl sites for hydroxylation is 2. The summed E-state index contributed by atoms with van der Waals surface area (Å²) in [6, 6.07) is 11.5. The number of carbonyl (C=O) groups is 1. The van der Waals surface area contributed by atoms with Gasteiger partial charge in [0.15, 0.2) is 0 Å². The second kappa shape index (κ2) is 6.95. The molecule has 6 nitrogen and oxygen atoms in total. The molecule has 0 bridgehead atoms. The van der Waals surface area contributed by atoms with Crippen molar-refractivity contribution in [1.82, 2.24) is 15.2 Å². The zero-order valence-corrected chi connectivity index (χ0v) is 13.6. The van der Waals surface area contributed by atoms with Crippen molar-refractivity contribution in [3.05, 3.63) is 71.3 Å². The lowest BCUT2D eigenvalue weighted by Gasteiger charge is -2.09. The normalized spacial score (nSPS) is 10.4. The fourth-order valence-electron chi connectivity index (χ4n) is 2.45. The standard InChI is InChI=1S/C18H19N5O/c1-12-17(13(2)23-22-12)21-18(24)20-16-5-3-14(4-6-16)11-15-7-9-19-10-8-15/h3-10H,11H2,1-2H3,(H,22,23)(H2,20,21,24). The van der Waals surface area contributed by atoms with Crippen molar-refractivity contribution in [2.24, 2.45) is 0 Å². The predicted octanol–water partition coefficient (Wildman–Crippen LogP) is 3.66. The van der Waals surface area contributed by atoms with Gasteiger partial charge in [-0.05, 0) is 55.7 Å². The van der Waals surface area contributed by atoms with Gasteiger partial charge in [0, 0.05) is 18.1 Å². The first-order chi connectivity index (χ1) is 11.6. The first-order valence-corrected chi connectivity index (χ1v) is 7.69. The van der Waals surface area contributed by atoms with E-state index in [1.807, 2.05) is 50.2 Å². The summed E-state index contributed by atoms with van der Waals surface area (Å²) in [4.78, 5) is 16.1. The number of benzene rings is 1. The Hall–Kier alpha value is -3.15. The minimum atomic E-state index is -0.288. The second-order valence-corrected chi connectivity index (χ2v) is 5.62. The summed E-state index contributed by atoms with van der Waals surface area (Å²) in [6.07, 6.45) is 4.41. The van der Waals surface area contributed by atoms with Crippen LogP contribution in [0.2, 0.25) is 0 Å². The summed E-state index contributed by atoms with van der Waals surface area (Å²) < 4.78 is 0. The quantitative estimate of drug-likeness (QED) is 0.686. The average Bonchev–Trinajstić information content (AvgIpc) is 2.89. The van der Waals surface area contributed by atoms with Crippen molar-refractivity contribution < 1.29 is 4.79 Å². The Labute approximate surface area is 140 Å². The molecule has 0 radical (unpaired) electrons. The van der Waals surface area contributed by atoms with Crippen LogP contribution in [-0.4, -0.2) is 21.2 Å². The maximum atomic E-state index is 12.1. The molecule has 0 saturated heterocycles. The summed E-state index contributed by atoms with van der Waals surface area (Å²) in [6.45, 7) is 3.70. The van der Waals surface area contributed by atoms with Crippen molar-refractivity contribution in [3.63, 3.8) is 0 Å². The summed E-state index contributed by atoms with van der Waals surface area (Å²) in [5.74, 6) is 0. The number of carbonyl (C=O) groups excluding carboxylic acids is 1. The number of nitrogens with zero attached hydrogens (tertiary/aromatic N) is 2. The highest BCUT2D eigenvalue weighted by Gasteiger charge is 2.10. The van der Waals surface area contributed by atoms with Crippen molar-refractivity contribution in [3.8, 4) is 0 Å². The number of pyridine rings is 1. The Kier molecular flexibility index (Phi) is 4.56. The molecule has 24 heavy (non-hydrogen) atoms. The number of aromatic amines is 1. The number of H-pyrrole nitrogens is 1. The van der Waals surface area contributed by atoms with Crippen molar-refractivity contribution >= 4 is 17.4 Å². The number of aromatic nitrogens is 3. The first-order valence-electron chi connectivity index (χ1n) is 7.69. The monoisotopic (exact) mass is 321 g/mol. The van der Waals surface area contributed by atoms with E-state index in [0.717, 1.165) is 23.5 Å². The maximum absolute atomic E-state index is 12.1. The van der Waals surface area contributed by atoms with Crippen LogP contribution in [0.1, 0.15) is 22.5 Å². The van der Waals surface area contributed by atoms with E-state index in [1.54, 1.807) is 12.4 Å². The van der Waals surface area contributed by atoms with Gasteiger partial charge in [0.2, 0.25) is 0 Å². The summed E-state index contributed by atoms with van der Waals surface area (Å²) in [7, 11) is 0. The van der Waals surface area contributed by atoms with E-state index < -0.39 is 0 Å². The molecular formula is C18H19N5O. The molecule has 0 aliphatic heterocycles. The fourth-order valence-corrected chi connectivity index (χ4v) is 2.45. The maximum Gasteiger partial charge on any atom is 0.323 e. The first kappa shape index (κ1) is 15.7. The van der Waals surface area contributed by atoms with Crippen LogP contribution in [0.3, 0.4) is 0 Å². The Morgan fingerprint density at radius 1 is 1.00 bits per heavy atom. The summed E-state index contributed by atoms with van der Waals surface area (Å²) in [5.41, 5.74) is 5.42. The number of rotatable bonds is 4. The minimum absolute atomic E-state index is 0.288. The Morgan fingerprint density at radius 2 is 1.67 bits per heavy atom. The predicted molar refractivity (Wildman–Crippen MR) is 94.2 cm³/mol. The molecular weight excluding hydrogens is 302 g/mol. The summed E-state index contributed by atoms with van der Waals surface area (Å²) >= 11 is 0. The van der Waals surface area contributed by atoms with Gasteiger partial charge in [-0.2, -0.15) is 5.10 Å². The third kappa shape index (κ3) is 3.78. The number of nitrogens with one attached hydrogen (secondary N) is 3. The Balaban J connectivity index is 1.61. The third-order valence-corrected chi connectivity index (χ3v) is 3.74. The molecule has 0 fully saturated rings. The fraction of sp³-hybridized carbons (Fsp3) is 0.167. The molecule has 2 amide bonds. The number of anilines is 2. The van der Waals surface area contributed by atoms with Crippen molar-refractivity contribution in [1.29, 1.82) is 0 Å². The highest BCUT2D eigenvalue weighted by atomic mass is 16.2. The molecule has 0 unspecified atom stereocenters. The molecule has 0 aliphatic carbocycles. The molecule has 3 rings (SSSR count). The minimum Gasteiger partial charge on any atom is -0.308 e. The lowest BCUT2D eigenvalue weighted by molar-refractivity contribution is 0.262. The van der Waals surface area contributed by atoms with Crippen LogP contribution in [0.5, 0.6) is 0 Å². The van der Waals surface area contributed by atoms with E-state index in [2.05, 4.69) is 25.8 Å². The Morgan fingerprint density at radius 3 is 2.29 bits per heavy atom. The van der Waals surface area contributed by atoms with E-state index in [0.29, 0.717) is 5.69 Å². The summed E-state index contributed by atoms with van der Waals surface area (Å²) in [5, 5.41) is 12.5. The van der Waals surface area contributed by atoms with Gasteiger partial charge in [-0.15, -0.1) is 0 Å². The van der Waals surface area contributed by atoms with Crippen molar-refractivity contribution in [2.75, 3.05) is 10.6 Å². The molecule has 122 valence electrons. The zero-order chi connectivity index (χ0) is 16.9. The molecule has 6 heteroatoms. The van der Waals surface area contributed by atoms with Gasteiger partial charge in [0.05, 0.1) is 17.1 Å². The number of hydrogen-bond acceptors (Lipinski definition) is 3. The van der Waals surface area contributed by atoms with Crippen LogP contribution in [0, 0.1) is 13.8 Å². The number of urea groups is 1. The number of amides is 2. The van der Waals surface area contributed by atoms with Gasteiger partial charge in [0.1, 0.15) is 0 Å². The topological polar surface area (TPSA) is 82.7 Å². The number of hydrogen-bond donors (Lipinski definition) is 3. The molecule has 2 aromatic heterocycles. The van der Waals surface area contributed by atoms with Gasteiger partial charge in [-0.3, -0.25) is 10.1 Å².